The van der Waals surface area contributed by atoms with Crippen molar-refractivity contribution in [3.63, 3.8) is 0 Å². The van der Waals surface area contributed by atoms with E-state index in [9.17, 15) is 5.11 Å². The Balaban J connectivity index is 2.20. The summed E-state index contributed by atoms with van der Waals surface area (Å²) < 4.78 is 6.82. The van der Waals surface area contributed by atoms with Crippen molar-refractivity contribution in [3.05, 3.63) is 0 Å². The van der Waals surface area contributed by atoms with Crippen molar-refractivity contribution in [1.29, 1.82) is 0 Å². The molecular formula is C18H36O2Si. The topological polar surface area (TPSA) is 29.5 Å². The summed E-state index contributed by atoms with van der Waals surface area (Å²) in [5.74, 6) is 0.578. The van der Waals surface area contributed by atoms with Crippen LogP contribution in [0.3, 0.4) is 0 Å². The Morgan fingerprint density at radius 3 is 2.29 bits per heavy atom. The van der Waals surface area contributed by atoms with Gasteiger partial charge in [-0.3, -0.25) is 0 Å². The lowest BCUT2D eigenvalue weighted by Gasteiger charge is -2.54. The number of rotatable bonds is 3. The van der Waals surface area contributed by atoms with Crippen LogP contribution in [0.2, 0.25) is 18.1 Å². The molecule has 3 heteroatoms. The van der Waals surface area contributed by atoms with Crippen LogP contribution in [-0.2, 0) is 4.43 Å². The van der Waals surface area contributed by atoms with Crippen LogP contribution < -0.4 is 0 Å². The zero-order valence-electron chi connectivity index (χ0n) is 15.0. The summed E-state index contributed by atoms with van der Waals surface area (Å²) in [6.45, 7) is 13.7. The van der Waals surface area contributed by atoms with E-state index in [2.05, 4.69) is 33.9 Å². The fraction of sp³-hybridized carbons (Fsp3) is 1.00. The average molecular weight is 313 g/mol. The molecule has 1 unspecified atom stereocenters. The van der Waals surface area contributed by atoms with Crippen molar-refractivity contribution < 1.29 is 9.53 Å². The van der Waals surface area contributed by atoms with Crippen molar-refractivity contribution in [3.8, 4) is 0 Å². The molecule has 0 aromatic rings. The van der Waals surface area contributed by atoms with E-state index in [0.717, 1.165) is 0 Å². The minimum absolute atomic E-state index is 0.142. The van der Waals surface area contributed by atoms with Crippen molar-refractivity contribution >= 4 is 8.32 Å². The Morgan fingerprint density at radius 1 is 1.10 bits per heavy atom. The van der Waals surface area contributed by atoms with E-state index in [1.807, 2.05) is 6.92 Å². The zero-order valence-corrected chi connectivity index (χ0v) is 16.0. The highest BCUT2D eigenvalue weighted by atomic mass is 28.4. The van der Waals surface area contributed by atoms with Crippen LogP contribution in [0.5, 0.6) is 0 Å². The monoisotopic (exact) mass is 312 g/mol. The molecule has 124 valence electrons. The molecule has 4 atom stereocenters. The highest BCUT2D eigenvalue weighted by molar-refractivity contribution is 6.74. The maximum Gasteiger partial charge on any atom is 0.192 e. The van der Waals surface area contributed by atoms with Gasteiger partial charge in [0.2, 0.25) is 0 Å². The van der Waals surface area contributed by atoms with Gasteiger partial charge in [-0.15, -0.1) is 0 Å². The molecule has 0 aliphatic heterocycles. The number of fused-ring (bicyclic) bond motifs is 1. The van der Waals surface area contributed by atoms with Crippen LogP contribution in [-0.4, -0.2) is 25.6 Å². The van der Waals surface area contributed by atoms with Gasteiger partial charge in [-0.1, -0.05) is 40.0 Å². The van der Waals surface area contributed by atoms with Gasteiger partial charge in [0.05, 0.1) is 6.10 Å². The second-order valence-electron chi connectivity index (χ2n) is 9.07. The van der Waals surface area contributed by atoms with Crippen molar-refractivity contribution in [2.75, 3.05) is 0 Å². The van der Waals surface area contributed by atoms with Gasteiger partial charge in [-0.2, -0.15) is 0 Å². The summed E-state index contributed by atoms with van der Waals surface area (Å²) >= 11 is 0. The quantitative estimate of drug-likeness (QED) is 0.733. The van der Waals surface area contributed by atoms with Crippen molar-refractivity contribution in [1.82, 2.24) is 0 Å². The van der Waals surface area contributed by atoms with Crippen molar-refractivity contribution in [2.45, 2.75) is 103 Å². The third-order valence-corrected chi connectivity index (χ3v) is 11.3. The molecule has 2 saturated carbocycles. The molecule has 0 aromatic heterocycles. The van der Waals surface area contributed by atoms with Crippen molar-refractivity contribution in [2.24, 2.45) is 11.3 Å². The van der Waals surface area contributed by atoms with E-state index < -0.39 is 8.32 Å². The van der Waals surface area contributed by atoms with Crippen LogP contribution in [0.1, 0.15) is 72.6 Å². The van der Waals surface area contributed by atoms with Gasteiger partial charge in [0.25, 0.3) is 0 Å². The Bertz CT molecular complexity index is 355. The lowest BCUT2D eigenvalue weighted by molar-refractivity contribution is -0.110. The van der Waals surface area contributed by atoms with Gasteiger partial charge < -0.3 is 9.53 Å². The summed E-state index contributed by atoms with van der Waals surface area (Å²) in [5.41, 5.74) is 0.142. The van der Waals surface area contributed by atoms with Gasteiger partial charge >= 0.3 is 0 Å². The maximum absolute atomic E-state index is 10.5. The van der Waals surface area contributed by atoms with Gasteiger partial charge in [0.15, 0.2) is 8.32 Å². The van der Waals surface area contributed by atoms with Crippen LogP contribution in [0, 0.1) is 11.3 Å². The van der Waals surface area contributed by atoms with Gasteiger partial charge in [0, 0.05) is 11.5 Å². The molecular weight excluding hydrogens is 276 g/mol. The summed E-state index contributed by atoms with van der Waals surface area (Å²) in [5, 5.41) is 10.8. The first-order valence-electron chi connectivity index (χ1n) is 8.96. The molecule has 21 heavy (non-hydrogen) atoms. The fourth-order valence-corrected chi connectivity index (χ4v) is 5.81. The lowest BCUT2D eigenvalue weighted by atomic mass is 9.56. The first-order valence-corrected chi connectivity index (χ1v) is 11.9. The molecule has 2 aliphatic carbocycles. The SMILES string of the molecule is C[C@@H](O)C12CCCC[C@H]1[C@@H](O[Si](C)(C)C(C)(C)C)CCC2. The summed E-state index contributed by atoms with van der Waals surface area (Å²) in [6, 6.07) is 0. The first kappa shape index (κ1) is 17.5. The van der Waals surface area contributed by atoms with E-state index in [-0.39, 0.29) is 16.6 Å². The van der Waals surface area contributed by atoms with E-state index in [4.69, 9.17) is 4.43 Å². The molecule has 0 aromatic carbocycles. The molecule has 2 rings (SSSR count). The number of aliphatic hydroxyl groups excluding tert-OH is 1. The third-order valence-electron chi connectivity index (χ3n) is 6.81. The molecule has 0 amide bonds. The lowest BCUT2D eigenvalue weighted by Crippen LogP contribution is -2.54. The maximum atomic E-state index is 10.5. The molecule has 0 radical (unpaired) electrons. The van der Waals surface area contributed by atoms with Gasteiger partial charge in [-0.25, -0.2) is 0 Å². The highest BCUT2D eigenvalue weighted by Crippen LogP contribution is 2.54. The van der Waals surface area contributed by atoms with Crippen LogP contribution >= 0.6 is 0 Å². The highest BCUT2D eigenvalue weighted by Gasteiger charge is 2.52. The zero-order chi connectivity index (χ0) is 15.9. The Kier molecular flexibility index (Phi) is 4.97. The summed E-state index contributed by atoms with van der Waals surface area (Å²) in [7, 11) is -1.72. The fourth-order valence-electron chi connectivity index (χ4n) is 4.42. The molecule has 0 saturated heterocycles. The van der Waals surface area contributed by atoms with E-state index >= 15 is 0 Å². The molecule has 0 bridgehead atoms. The molecule has 0 heterocycles. The first-order chi connectivity index (χ1) is 9.60. The summed E-state index contributed by atoms with van der Waals surface area (Å²) in [6.07, 6.45) is 8.88. The summed E-state index contributed by atoms with van der Waals surface area (Å²) in [4.78, 5) is 0. The molecule has 2 aliphatic rings. The Morgan fingerprint density at radius 2 is 1.71 bits per heavy atom. The average Bonchev–Trinajstić information content (AvgIpc) is 2.37. The van der Waals surface area contributed by atoms with Gasteiger partial charge in [0.1, 0.15) is 0 Å². The minimum atomic E-state index is -1.72. The minimum Gasteiger partial charge on any atom is -0.414 e. The van der Waals surface area contributed by atoms with E-state index in [1.54, 1.807) is 0 Å². The molecule has 1 N–H and O–H groups in total. The second-order valence-corrected chi connectivity index (χ2v) is 13.8. The number of hydrogen-bond donors (Lipinski definition) is 1. The van der Waals surface area contributed by atoms with Crippen LogP contribution in [0.15, 0.2) is 0 Å². The third kappa shape index (κ3) is 3.25. The largest absolute Gasteiger partial charge is 0.414 e. The van der Waals surface area contributed by atoms with Crippen LogP contribution in [0.4, 0.5) is 0 Å². The standard InChI is InChI=1S/C18H36O2Si/c1-14(19)18-12-8-7-10-15(18)16(11-9-13-18)20-21(5,6)17(2,3)4/h14-16,19H,7-13H2,1-6H3/t14-,15+,16+,18?/m1/s1. The number of hydrogen-bond acceptors (Lipinski definition) is 2. The van der Waals surface area contributed by atoms with E-state index in [0.29, 0.717) is 12.0 Å². The Hall–Kier alpha value is 0.137. The molecule has 0 spiro atoms. The normalized spacial score (nSPS) is 36.1. The Labute approximate surface area is 132 Å². The van der Waals surface area contributed by atoms with E-state index in [1.165, 1.54) is 44.9 Å². The molecule has 2 fully saturated rings. The smallest absolute Gasteiger partial charge is 0.192 e. The number of aliphatic hydroxyl groups is 1. The predicted octanol–water partition coefficient (Wildman–Crippen LogP) is 5.12. The molecule has 2 nitrogen and oxygen atoms in total. The second kappa shape index (κ2) is 5.97. The predicted molar refractivity (Wildman–Crippen MR) is 92.0 cm³/mol. The van der Waals surface area contributed by atoms with Gasteiger partial charge in [-0.05, 0) is 56.7 Å². The van der Waals surface area contributed by atoms with Crippen LogP contribution in [0.25, 0.3) is 0 Å².